The number of aromatic amines is 1. The maximum absolute atomic E-state index is 6.18. The summed E-state index contributed by atoms with van der Waals surface area (Å²) in [7, 11) is 0. The molecule has 0 amide bonds. The summed E-state index contributed by atoms with van der Waals surface area (Å²) in [4.78, 5) is 6.75. The molecule has 0 bridgehead atoms. The number of likely N-dealkylation sites (tertiary alicyclic amines) is 1. The van der Waals surface area contributed by atoms with Crippen LogP contribution in [0, 0.1) is 0 Å². The van der Waals surface area contributed by atoms with E-state index in [4.69, 9.17) is 11.6 Å². The fraction of sp³-hybridized carbons (Fsp3) is 0.200. The van der Waals surface area contributed by atoms with Crippen LogP contribution < -0.4 is 4.72 Å². The van der Waals surface area contributed by atoms with Crippen LogP contribution >= 0.6 is 23.5 Å². The van der Waals surface area contributed by atoms with Gasteiger partial charge in [0.2, 0.25) is 0 Å². The van der Waals surface area contributed by atoms with E-state index >= 15 is 0 Å². The fourth-order valence-corrected chi connectivity index (χ4v) is 4.09. The van der Waals surface area contributed by atoms with E-state index in [9.17, 15) is 0 Å². The molecule has 1 saturated heterocycles. The Labute approximate surface area is 157 Å². The molecule has 2 heterocycles. The van der Waals surface area contributed by atoms with Gasteiger partial charge in [0, 0.05) is 35.3 Å². The number of benzene rings is 2. The van der Waals surface area contributed by atoms with E-state index in [1.165, 1.54) is 18.4 Å². The lowest BCUT2D eigenvalue weighted by Gasteiger charge is -2.20. The molecule has 1 aromatic heterocycles. The molecule has 2 aromatic carbocycles. The van der Waals surface area contributed by atoms with Gasteiger partial charge in [0.05, 0.1) is 16.2 Å². The SMILES string of the molecule is C=C(c1ccc(SNc2cccc3c(Cl)c[nH]c23)cc1)N1CCCC1. The summed E-state index contributed by atoms with van der Waals surface area (Å²) in [6, 6.07) is 14.6. The second-order valence-corrected chi connectivity index (χ2v) is 7.52. The highest BCUT2D eigenvalue weighted by Gasteiger charge is 2.14. The first kappa shape index (κ1) is 16.4. The minimum absolute atomic E-state index is 0.744. The molecule has 1 fully saturated rings. The number of H-pyrrole nitrogens is 1. The minimum atomic E-state index is 0.744. The van der Waals surface area contributed by atoms with Crippen molar-refractivity contribution < 1.29 is 0 Å². The molecule has 3 aromatic rings. The van der Waals surface area contributed by atoms with Gasteiger partial charge in [-0.05, 0) is 48.6 Å². The van der Waals surface area contributed by atoms with Crippen LogP contribution in [0.25, 0.3) is 16.6 Å². The fourth-order valence-electron chi connectivity index (χ4n) is 3.20. The topological polar surface area (TPSA) is 31.1 Å². The number of anilines is 1. The number of nitrogens with zero attached hydrogens (tertiary/aromatic N) is 1. The Morgan fingerprint density at radius 2 is 1.88 bits per heavy atom. The molecule has 1 aliphatic rings. The van der Waals surface area contributed by atoms with Gasteiger partial charge in [0.15, 0.2) is 0 Å². The van der Waals surface area contributed by atoms with Gasteiger partial charge < -0.3 is 14.6 Å². The van der Waals surface area contributed by atoms with Gasteiger partial charge in [0.25, 0.3) is 0 Å². The lowest BCUT2D eigenvalue weighted by atomic mass is 10.1. The number of para-hydroxylation sites is 1. The summed E-state index contributed by atoms with van der Waals surface area (Å²) in [5, 5.41) is 1.78. The average Bonchev–Trinajstić information content (AvgIpc) is 3.31. The van der Waals surface area contributed by atoms with Crippen molar-refractivity contribution in [3.63, 3.8) is 0 Å². The molecule has 128 valence electrons. The van der Waals surface area contributed by atoms with Crippen LogP contribution in [-0.2, 0) is 0 Å². The molecule has 0 saturated carbocycles. The maximum Gasteiger partial charge on any atom is 0.0713 e. The maximum atomic E-state index is 6.18. The Morgan fingerprint density at radius 1 is 1.12 bits per heavy atom. The van der Waals surface area contributed by atoms with Gasteiger partial charge in [-0.25, -0.2) is 0 Å². The molecule has 5 heteroatoms. The van der Waals surface area contributed by atoms with Crippen molar-refractivity contribution in [3.05, 3.63) is 65.8 Å². The Bertz CT molecular complexity index is 895. The van der Waals surface area contributed by atoms with Crippen molar-refractivity contribution in [1.82, 2.24) is 9.88 Å². The summed E-state index contributed by atoms with van der Waals surface area (Å²) in [6.07, 6.45) is 4.36. The first-order valence-corrected chi connectivity index (χ1v) is 9.64. The lowest BCUT2D eigenvalue weighted by Crippen LogP contribution is -2.16. The van der Waals surface area contributed by atoms with Crippen LogP contribution in [0.15, 0.2) is 60.1 Å². The quantitative estimate of drug-likeness (QED) is 0.540. The zero-order valence-electron chi connectivity index (χ0n) is 13.9. The van der Waals surface area contributed by atoms with Crippen molar-refractivity contribution in [1.29, 1.82) is 0 Å². The van der Waals surface area contributed by atoms with Gasteiger partial charge in [0.1, 0.15) is 0 Å². The number of hydrogen-bond donors (Lipinski definition) is 2. The largest absolute Gasteiger partial charge is 0.372 e. The molecule has 0 aliphatic carbocycles. The lowest BCUT2D eigenvalue weighted by molar-refractivity contribution is 0.494. The van der Waals surface area contributed by atoms with Crippen LogP contribution in [0.2, 0.25) is 5.02 Å². The van der Waals surface area contributed by atoms with E-state index in [0.717, 1.165) is 45.3 Å². The van der Waals surface area contributed by atoms with E-state index in [1.807, 2.05) is 24.4 Å². The number of nitrogens with one attached hydrogen (secondary N) is 2. The smallest absolute Gasteiger partial charge is 0.0713 e. The molecule has 0 atom stereocenters. The summed E-state index contributed by atoms with van der Waals surface area (Å²) in [5.41, 5.74) is 4.39. The van der Waals surface area contributed by atoms with Gasteiger partial charge >= 0.3 is 0 Å². The van der Waals surface area contributed by atoms with Crippen LogP contribution in [0.4, 0.5) is 5.69 Å². The molecule has 3 nitrogen and oxygen atoms in total. The van der Waals surface area contributed by atoms with E-state index in [2.05, 4.69) is 45.5 Å². The summed E-state index contributed by atoms with van der Waals surface area (Å²) < 4.78 is 3.42. The molecule has 0 unspecified atom stereocenters. The normalized spacial score (nSPS) is 14.2. The highest BCUT2D eigenvalue weighted by molar-refractivity contribution is 8.00. The van der Waals surface area contributed by atoms with Crippen molar-refractivity contribution in [2.45, 2.75) is 17.7 Å². The van der Waals surface area contributed by atoms with E-state index < -0.39 is 0 Å². The molecule has 4 rings (SSSR count). The van der Waals surface area contributed by atoms with Crippen molar-refractivity contribution in [2.24, 2.45) is 0 Å². The van der Waals surface area contributed by atoms with Crippen LogP contribution in [-0.4, -0.2) is 23.0 Å². The number of fused-ring (bicyclic) bond motifs is 1. The van der Waals surface area contributed by atoms with Crippen LogP contribution in [0.5, 0.6) is 0 Å². The van der Waals surface area contributed by atoms with Gasteiger partial charge in [-0.15, -0.1) is 0 Å². The Kier molecular flexibility index (Phi) is 4.64. The predicted octanol–water partition coefficient (Wildman–Crippen LogP) is 6.01. The summed E-state index contributed by atoms with van der Waals surface area (Å²) >= 11 is 7.78. The van der Waals surface area contributed by atoms with Crippen molar-refractivity contribution in [3.8, 4) is 0 Å². The number of rotatable bonds is 5. The third kappa shape index (κ3) is 3.37. The molecular formula is C20H20ClN3S. The standard InChI is InChI=1S/C20H20ClN3S/c1-14(24-11-2-3-12-24)15-7-9-16(10-8-15)25-23-19-6-4-5-17-18(21)13-22-20(17)19/h4-10,13,22-23H,1-3,11-12H2. The second kappa shape index (κ2) is 7.06. The average molecular weight is 370 g/mol. The molecule has 0 radical (unpaired) electrons. The Morgan fingerprint density at radius 3 is 2.64 bits per heavy atom. The number of hydrogen-bond acceptors (Lipinski definition) is 3. The second-order valence-electron chi connectivity index (χ2n) is 6.23. The third-order valence-corrected chi connectivity index (χ3v) is 5.76. The highest BCUT2D eigenvalue weighted by Crippen LogP contribution is 2.32. The predicted molar refractivity (Wildman–Crippen MR) is 109 cm³/mol. The zero-order chi connectivity index (χ0) is 17.2. The van der Waals surface area contributed by atoms with E-state index in [-0.39, 0.29) is 0 Å². The van der Waals surface area contributed by atoms with Crippen LogP contribution in [0.1, 0.15) is 18.4 Å². The molecule has 0 spiro atoms. The first-order valence-electron chi connectivity index (χ1n) is 8.45. The van der Waals surface area contributed by atoms with Crippen LogP contribution in [0.3, 0.4) is 0 Å². The minimum Gasteiger partial charge on any atom is -0.372 e. The highest BCUT2D eigenvalue weighted by atomic mass is 35.5. The van der Waals surface area contributed by atoms with E-state index in [0.29, 0.717) is 0 Å². The molecular weight excluding hydrogens is 350 g/mol. The van der Waals surface area contributed by atoms with Crippen molar-refractivity contribution in [2.75, 3.05) is 17.8 Å². The monoisotopic (exact) mass is 369 g/mol. The van der Waals surface area contributed by atoms with Crippen molar-refractivity contribution >= 4 is 45.8 Å². The third-order valence-electron chi connectivity index (χ3n) is 4.62. The molecule has 25 heavy (non-hydrogen) atoms. The van der Waals surface area contributed by atoms with E-state index in [1.54, 1.807) is 11.9 Å². The Hall–Kier alpha value is -2.04. The number of halogens is 1. The van der Waals surface area contributed by atoms with Gasteiger partial charge in [-0.2, -0.15) is 0 Å². The molecule has 1 aliphatic heterocycles. The molecule has 2 N–H and O–H groups in total. The zero-order valence-corrected chi connectivity index (χ0v) is 15.5. The Balaban J connectivity index is 1.45. The summed E-state index contributed by atoms with van der Waals surface area (Å²) in [6.45, 7) is 6.50. The van der Waals surface area contributed by atoms with Gasteiger partial charge in [-0.3, -0.25) is 0 Å². The summed E-state index contributed by atoms with van der Waals surface area (Å²) in [5.74, 6) is 0. The number of aromatic nitrogens is 1. The van der Waals surface area contributed by atoms with Gasteiger partial charge in [-0.1, -0.05) is 42.4 Å². The first-order chi connectivity index (χ1) is 12.2.